The number of carbonyl (C=O) groups excluding carboxylic acids is 4. The van der Waals surface area contributed by atoms with Crippen molar-refractivity contribution in [3.63, 3.8) is 0 Å². The molecule has 1 saturated heterocycles. The molecule has 1 aromatic heterocycles. The number of fused-ring (bicyclic) bond motifs is 1. The van der Waals surface area contributed by atoms with Crippen LogP contribution in [0.1, 0.15) is 39.5 Å². The third-order valence-electron chi connectivity index (χ3n) is 6.30. The molecule has 4 rings (SSSR count). The molecule has 0 unspecified atom stereocenters. The molecule has 0 spiro atoms. The molecule has 228 valence electrons. The Hall–Kier alpha value is -4.50. The van der Waals surface area contributed by atoms with Crippen LogP contribution in [0.3, 0.4) is 0 Å². The van der Waals surface area contributed by atoms with Gasteiger partial charge < -0.3 is 23.7 Å². The first-order valence-electron chi connectivity index (χ1n) is 13.1. The first-order chi connectivity index (χ1) is 20.4. The molecule has 1 aliphatic heterocycles. The molecule has 0 radical (unpaired) electrons. The van der Waals surface area contributed by atoms with E-state index in [1.165, 1.54) is 37.7 Å². The molecule has 0 saturated carbocycles. The Morgan fingerprint density at radius 1 is 0.884 bits per heavy atom. The molecule has 1 aliphatic rings. The zero-order valence-corrected chi connectivity index (χ0v) is 24.5. The van der Waals surface area contributed by atoms with E-state index in [0.717, 1.165) is 19.4 Å². The number of carbonyl (C=O) groups is 4. The number of imidazole rings is 1. The third-order valence-corrected chi connectivity index (χ3v) is 7.32. The van der Waals surface area contributed by atoms with Gasteiger partial charge in [0.25, 0.3) is 5.69 Å². The Morgan fingerprint density at radius 3 is 2.09 bits per heavy atom. The number of thioether (sulfide) groups is 1. The van der Waals surface area contributed by atoms with Gasteiger partial charge >= 0.3 is 23.9 Å². The summed E-state index contributed by atoms with van der Waals surface area (Å²) in [6.45, 7) is 4.30. The number of nitro groups is 1. The van der Waals surface area contributed by atoms with Crippen molar-refractivity contribution in [3.8, 4) is 0 Å². The van der Waals surface area contributed by atoms with Crippen molar-refractivity contribution >= 4 is 52.4 Å². The average molecular weight is 616 g/mol. The highest BCUT2D eigenvalue weighted by molar-refractivity contribution is 7.98. The number of ether oxygens (including phenoxy) is 5. The molecule has 0 N–H and O–H groups in total. The van der Waals surface area contributed by atoms with Gasteiger partial charge in [0.1, 0.15) is 12.7 Å². The van der Waals surface area contributed by atoms with E-state index in [9.17, 15) is 29.3 Å². The second-order valence-corrected chi connectivity index (χ2v) is 10.5. The van der Waals surface area contributed by atoms with Crippen LogP contribution in [-0.4, -0.2) is 69.4 Å². The van der Waals surface area contributed by atoms with Crippen LogP contribution in [-0.2, 0) is 48.6 Å². The Labute approximate surface area is 249 Å². The lowest BCUT2D eigenvalue weighted by Gasteiger charge is -2.45. The Kier molecular flexibility index (Phi) is 9.98. The average Bonchev–Trinajstić information content (AvgIpc) is 3.30. The van der Waals surface area contributed by atoms with E-state index in [2.05, 4.69) is 0 Å². The van der Waals surface area contributed by atoms with E-state index in [4.69, 9.17) is 28.7 Å². The number of hydrogen-bond acceptors (Lipinski definition) is 13. The summed E-state index contributed by atoms with van der Waals surface area (Å²) in [5, 5.41) is 11.5. The normalized spacial score (nSPS) is 21.5. The van der Waals surface area contributed by atoms with Crippen molar-refractivity contribution in [2.24, 2.45) is 0 Å². The van der Waals surface area contributed by atoms with Crippen LogP contribution in [0.25, 0.3) is 11.0 Å². The second kappa shape index (κ2) is 13.6. The minimum absolute atomic E-state index is 0.0431. The van der Waals surface area contributed by atoms with E-state index >= 15 is 0 Å². The van der Waals surface area contributed by atoms with Crippen molar-refractivity contribution in [2.45, 2.75) is 69.2 Å². The Balaban J connectivity index is 1.81. The van der Waals surface area contributed by atoms with Gasteiger partial charge in [-0.05, 0) is 17.7 Å². The number of para-hydroxylation sites is 2. The topological polar surface area (TPSA) is 175 Å². The fraction of sp³-hybridized carbons (Fsp3) is 0.393. The second-order valence-electron chi connectivity index (χ2n) is 9.56. The van der Waals surface area contributed by atoms with Crippen LogP contribution in [0.2, 0.25) is 0 Å². The smallest absolute Gasteiger partial charge is 0.303 e. The monoisotopic (exact) mass is 615 g/mol. The van der Waals surface area contributed by atoms with Crippen LogP contribution < -0.4 is 0 Å². The molecule has 3 aromatic rings. The molecule has 0 bridgehead atoms. The number of hydrogen-bond donors (Lipinski definition) is 0. The molecule has 43 heavy (non-hydrogen) atoms. The zero-order valence-electron chi connectivity index (χ0n) is 23.7. The van der Waals surface area contributed by atoms with Gasteiger partial charge in [-0.1, -0.05) is 36.0 Å². The maximum atomic E-state index is 12.3. The molecule has 2 aromatic carbocycles. The SMILES string of the molecule is CC(=O)OC[C@H]1O[C@@H](n2c(SCc3ccc([N+](=O)[O-])cc3)nc3ccccc32)[C@H](OC(C)=O)[C@@H](OC(C)=O)[C@@H]1OC(C)=O. The van der Waals surface area contributed by atoms with Crippen molar-refractivity contribution in [2.75, 3.05) is 6.61 Å². The molecule has 15 heteroatoms. The summed E-state index contributed by atoms with van der Waals surface area (Å²) >= 11 is 1.28. The molecular formula is C28H29N3O11S. The van der Waals surface area contributed by atoms with E-state index in [0.29, 0.717) is 21.9 Å². The third kappa shape index (κ3) is 7.67. The van der Waals surface area contributed by atoms with Crippen LogP contribution >= 0.6 is 11.8 Å². The Bertz CT molecular complexity index is 1520. The van der Waals surface area contributed by atoms with Crippen LogP contribution in [0.4, 0.5) is 5.69 Å². The molecule has 1 fully saturated rings. The van der Waals surface area contributed by atoms with Gasteiger partial charge in [0.2, 0.25) is 0 Å². The fourth-order valence-corrected chi connectivity index (χ4v) is 5.64. The first kappa shape index (κ1) is 31.4. The summed E-state index contributed by atoms with van der Waals surface area (Å²) in [5.74, 6) is -2.46. The predicted molar refractivity (Wildman–Crippen MR) is 150 cm³/mol. The summed E-state index contributed by atoms with van der Waals surface area (Å²) in [6.07, 6.45) is -6.30. The minimum Gasteiger partial charge on any atom is -0.463 e. The standard InChI is InChI=1S/C28H29N3O11S/c1-15(32)38-13-23-24(39-16(2)33)25(40-17(3)34)26(41-18(4)35)27(42-23)30-22-8-6-5-7-21(22)29-28(30)43-14-19-9-11-20(12-10-19)31(36)37/h5-12,23-27H,13-14H2,1-4H3/t23-,24-,25+,26-,27-/m1/s1. The number of aromatic nitrogens is 2. The maximum Gasteiger partial charge on any atom is 0.303 e. The number of nitrogens with zero attached hydrogens (tertiary/aromatic N) is 3. The molecule has 0 amide bonds. The highest BCUT2D eigenvalue weighted by atomic mass is 32.2. The van der Waals surface area contributed by atoms with Gasteiger partial charge in [-0.25, -0.2) is 4.98 Å². The zero-order chi connectivity index (χ0) is 31.3. The van der Waals surface area contributed by atoms with Crippen molar-refractivity contribution in [3.05, 3.63) is 64.2 Å². The predicted octanol–water partition coefficient (Wildman–Crippen LogP) is 3.49. The minimum atomic E-state index is -1.35. The van der Waals surface area contributed by atoms with Crippen LogP contribution in [0, 0.1) is 10.1 Å². The van der Waals surface area contributed by atoms with Gasteiger partial charge in [-0.2, -0.15) is 0 Å². The van der Waals surface area contributed by atoms with E-state index in [-0.39, 0.29) is 12.3 Å². The molecule has 14 nitrogen and oxygen atoms in total. The summed E-state index contributed by atoms with van der Waals surface area (Å²) in [6, 6.07) is 13.2. The number of esters is 4. The number of nitro benzene ring substituents is 1. The van der Waals surface area contributed by atoms with Gasteiger partial charge in [0, 0.05) is 45.6 Å². The number of non-ortho nitro benzene ring substituents is 1. The van der Waals surface area contributed by atoms with Crippen molar-refractivity contribution in [1.82, 2.24) is 9.55 Å². The summed E-state index contributed by atoms with van der Waals surface area (Å²) in [7, 11) is 0. The lowest BCUT2D eigenvalue weighted by molar-refractivity contribution is -0.384. The van der Waals surface area contributed by atoms with Crippen molar-refractivity contribution < 1.29 is 47.8 Å². The van der Waals surface area contributed by atoms with E-state index in [1.807, 2.05) is 0 Å². The molecule has 0 aliphatic carbocycles. The fourth-order valence-electron chi connectivity index (χ4n) is 4.65. The van der Waals surface area contributed by atoms with Crippen molar-refractivity contribution in [1.29, 1.82) is 0 Å². The van der Waals surface area contributed by atoms with Gasteiger partial charge in [0.05, 0.1) is 16.0 Å². The van der Waals surface area contributed by atoms with Crippen LogP contribution in [0.5, 0.6) is 0 Å². The van der Waals surface area contributed by atoms with Gasteiger partial charge in [0.15, 0.2) is 29.7 Å². The number of rotatable bonds is 10. The largest absolute Gasteiger partial charge is 0.463 e. The highest BCUT2D eigenvalue weighted by Crippen LogP contribution is 2.39. The van der Waals surface area contributed by atoms with Crippen LogP contribution in [0.15, 0.2) is 53.7 Å². The Morgan fingerprint density at radius 2 is 1.49 bits per heavy atom. The lowest BCUT2D eigenvalue weighted by atomic mass is 9.97. The van der Waals surface area contributed by atoms with E-state index in [1.54, 1.807) is 41.0 Å². The lowest BCUT2D eigenvalue weighted by Crippen LogP contribution is -2.60. The van der Waals surface area contributed by atoms with Gasteiger partial charge in [-0.3, -0.25) is 33.9 Å². The van der Waals surface area contributed by atoms with Gasteiger partial charge in [-0.15, -0.1) is 0 Å². The summed E-state index contributed by atoms with van der Waals surface area (Å²) in [4.78, 5) is 63.7. The molecular weight excluding hydrogens is 586 g/mol. The number of benzene rings is 2. The summed E-state index contributed by atoms with van der Waals surface area (Å²) in [5.41, 5.74) is 1.88. The van der Waals surface area contributed by atoms with E-state index < -0.39 is 59.4 Å². The molecule has 5 atom stereocenters. The first-order valence-corrected chi connectivity index (χ1v) is 14.1. The highest BCUT2D eigenvalue weighted by Gasteiger charge is 2.53. The maximum absolute atomic E-state index is 12.3. The quantitative estimate of drug-likeness (QED) is 0.107. The molecule has 2 heterocycles. The summed E-state index contributed by atoms with van der Waals surface area (Å²) < 4.78 is 30.0.